The van der Waals surface area contributed by atoms with Gasteiger partial charge in [0.15, 0.2) is 0 Å². The van der Waals surface area contributed by atoms with Crippen LogP contribution in [0, 0.1) is 0 Å². The number of halogens is 7. The number of nitrogens with one attached hydrogen (secondary N) is 2. The summed E-state index contributed by atoms with van der Waals surface area (Å²) in [6, 6.07) is 12.4. The van der Waals surface area contributed by atoms with E-state index in [-0.39, 0.29) is 43.1 Å². The molecule has 2 N–H and O–H groups in total. The van der Waals surface area contributed by atoms with Crippen LogP contribution in [0.25, 0.3) is 16.6 Å². The number of fused-ring (bicyclic) bond motifs is 1. The molecule has 0 bridgehead atoms. The number of carbonyl (C=O) groups is 1. The molecule has 12 heteroatoms. The molecule has 0 saturated carbocycles. The zero-order valence-corrected chi connectivity index (χ0v) is 20.7. The van der Waals surface area contributed by atoms with Gasteiger partial charge in [-0.1, -0.05) is 65.1 Å². The molecule has 0 fully saturated rings. The van der Waals surface area contributed by atoms with Crippen LogP contribution in [0.1, 0.15) is 27.4 Å². The molecule has 4 aromatic rings. The number of benzene rings is 3. The summed E-state index contributed by atoms with van der Waals surface area (Å²) >= 11 is 17.7. The number of amides is 1. The van der Waals surface area contributed by atoms with Gasteiger partial charge in [0.05, 0.1) is 15.1 Å². The first kappa shape index (κ1) is 26.7. The van der Waals surface area contributed by atoms with E-state index in [0.29, 0.717) is 11.5 Å². The van der Waals surface area contributed by atoms with Gasteiger partial charge in [0.1, 0.15) is 11.7 Å². The van der Waals surface area contributed by atoms with Crippen LogP contribution in [0.4, 0.5) is 23.5 Å². The zero-order valence-electron chi connectivity index (χ0n) is 18.5. The van der Waals surface area contributed by atoms with Crippen molar-refractivity contribution < 1.29 is 22.4 Å². The van der Waals surface area contributed by atoms with Crippen molar-refractivity contribution in [2.75, 3.05) is 5.43 Å². The van der Waals surface area contributed by atoms with Crippen molar-refractivity contribution in [3.63, 3.8) is 0 Å². The summed E-state index contributed by atoms with van der Waals surface area (Å²) in [4.78, 5) is 20.6. The van der Waals surface area contributed by atoms with Gasteiger partial charge in [0, 0.05) is 23.5 Å². The number of rotatable bonds is 6. The average molecular weight is 570 g/mol. The first-order chi connectivity index (χ1) is 17.6. The van der Waals surface area contributed by atoms with Crippen LogP contribution in [-0.4, -0.2) is 22.1 Å². The highest BCUT2D eigenvalue weighted by Crippen LogP contribution is 2.42. The molecule has 1 atom stereocenters. The summed E-state index contributed by atoms with van der Waals surface area (Å²) in [6.07, 6.45) is -1.48. The Balaban J connectivity index is 1.72. The SMILES string of the molecule is O=C(NNc1ncccn1)c1ccc(/C(F)=C/C(c2cc(Cl)c(Cl)c(Cl)c2)C(F)(F)F)c2ccccc12. The molecule has 1 amide bonds. The van der Waals surface area contributed by atoms with Gasteiger partial charge in [-0.3, -0.25) is 15.6 Å². The van der Waals surface area contributed by atoms with Crippen LogP contribution in [0.15, 0.2) is 73.1 Å². The second-order valence-electron chi connectivity index (χ2n) is 7.69. The number of hydrogen-bond donors (Lipinski definition) is 2. The molecule has 0 saturated heterocycles. The number of aromatic nitrogens is 2. The zero-order chi connectivity index (χ0) is 26.7. The van der Waals surface area contributed by atoms with Gasteiger partial charge >= 0.3 is 6.18 Å². The van der Waals surface area contributed by atoms with Gasteiger partial charge in [0.2, 0.25) is 5.95 Å². The van der Waals surface area contributed by atoms with Gasteiger partial charge < -0.3 is 0 Å². The van der Waals surface area contributed by atoms with Crippen LogP contribution in [0.2, 0.25) is 15.1 Å². The molecule has 0 radical (unpaired) electrons. The molecule has 4 rings (SSSR count). The van der Waals surface area contributed by atoms with E-state index in [9.17, 15) is 18.0 Å². The molecule has 0 aliphatic carbocycles. The summed E-state index contributed by atoms with van der Waals surface area (Å²) in [5.41, 5.74) is 4.64. The second-order valence-corrected chi connectivity index (χ2v) is 8.88. The Morgan fingerprint density at radius 2 is 1.46 bits per heavy atom. The summed E-state index contributed by atoms with van der Waals surface area (Å²) in [7, 11) is 0. The van der Waals surface area contributed by atoms with E-state index in [2.05, 4.69) is 20.8 Å². The van der Waals surface area contributed by atoms with Crippen molar-refractivity contribution in [3.8, 4) is 0 Å². The van der Waals surface area contributed by atoms with E-state index < -0.39 is 23.8 Å². The number of allylic oxidation sites excluding steroid dienone is 1. The van der Waals surface area contributed by atoms with Crippen molar-refractivity contribution in [2.24, 2.45) is 0 Å². The molecule has 190 valence electrons. The van der Waals surface area contributed by atoms with E-state index in [1.165, 1.54) is 30.6 Å². The van der Waals surface area contributed by atoms with Crippen LogP contribution in [-0.2, 0) is 0 Å². The fourth-order valence-electron chi connectivity index (χ4n) is 3.62. The highest BCUT2D eigenvalue weighted by molar-refractivity contribution is 6.48. The van der Waals surface area contributed by atoms with Crippen molar-refractivity contribution in [1.82, 2.24) is 15.4 Å². The Bertz CT molecular complexity index is 1470. The maximum atomic E-state index is 15.5. The number of nitrogens with zero attached hydrogens (tertiary/aromatic N) is 2. The lowest BCUT2D eigenvalue weighted by molar-refractivity contribution is -0.139. The Kier molecular flexibility index (Phi) is 7.87. The van der Waals surface area contributed by atoms with Crippen LogP contribution < -0.4 is 10.9 Å². The van der Waals surface area contributed by atoms with E-state index in [0.717, 1.165) is 12.1 Å². The van der Waals surface area contributed by atoms with E-state index in [1.54, 1.807) is 24.3 Å². The number of hydrogen-bond acceptors (Lipinski definition) is 4. The summed E-state index contributed by atoms with van der Waals surface area (Å²) in [5, 5.41) is 0.0571. The smallest absolute Gasteiger partial charge is 0.267 e. The third kappa shape index (κ3) is 5.95. The van der Waals surface area contributed by atoms with Crippen LogP contribution >= 0.6 is 34.8 Å². The van der Waals surface area contributed by atoms with E-state index >= 15 is 4.39 Å². The lowest BCUT2D eigenvalue weighted by Crippen LogP contribution is -2.30. The summed E-state index contributed by atoms with van der Waals surface area (Å²) < 4.78 is 57.3. The van der Waals surface area contributed by atoms with Crippen LogP contribution in [0.3, 0.4) is 0 Å². The fraction of sp³-hybridized carbons (Fsp3) is 0.0800. The van der Waals surface area contributed by atoms with Gasteiger partial charge in [-0.05, 0) is 46.7 Å². The molecule has 37 heavy (non-hydrogen) atoms. The Morgan fingerprint density at radius 1 is 0.892 bits per heavy atom. The Hall–Kier alpha value is -3.40. The predicted molar refractivity (Wildman–Crippen MR) is 136 cm³/mol. The van der Waals surface area contributed by atoms with Crippen molar-refractivity contribution >= 4 is 63.3 Å². The lowest BCUT2D eigenvalue weighted by atomic mass is 9.94. The fourth-order valence-corrected chi connectivity index (χ4v) is 4.23. The van der Waals surface area contributed by atoms with Gasteiger partial charge in [0.25, 0.3) is 5.91 Å². The van der Waals surface area contributed by atoms with Gasteiger partial charge in [-0.2, -0.15) is 13.2 Å². The van der Waals surface area contributed by atoms with Crippen molar-refractivity contribution in [1.29, 1.82) is 0 Å². The van der Waals surface area contributed by atoms with Gasteiger partial charge in [-0.25, -0.2) is 14.4 Å². The van der Waals surface area contributed by atoms with Crippen molar-refractivity contribution in [3.05, 3.63) is 105 Å². The Labute approximate surface area is 223 Å². The molecule has 1 heterocycles. The molecule has 5 nitrogen and oxygen atoms in total. The summed E-state index contributed by atoms with van der Waals surface area (Å²) in [6.45, 7) is 0. The third-order valence-electron chi connectivity index (χ3n) is 5.31. The first-order valence-corrected chi connectivity index (χ1v) is 11.6. The molecule has 0 aliphatic rings. The molecular weight excluding hydrogens is 555 g/mol. The van der Waals surface area contributed by atoms with Crippen molar-refractivity contribution in [2.45, 2.75) is 12.1 Å². The minimum absolute atomic E-state index is 0.106. The minimum atomic E-state index is -4.86. The molecule has 0 aliphatic heterocycles. The average Bonchev–Trinajstić information content (AvgIpc) is 2.87. The molecule has 1 aromatic heterocycles. The second kappa shape index (κ2) is 10.9. The lowest BCUT2D eigenvalue weighted by Gasteiger charge is -2.19. The highest BCUT2D eigenvalue weighted by atomic mass is 35.5. The number of carbonyl (C=O) groups excluding carboxylic acids is 1. The predicted octanol–water partition coefficient (Wildman–Crippen LogP) is 8.00. The summed E-state index contributed by atoms with van der Waals surface area (Å²) in [5.74, 6) is -3.95. The normalized spacial score (nSPS) is 12.9. The molecular formula is C25H15Cl3F4N4O. The van der Waals surface area contributed by atoms with E-state index in [4.69, 9.17) is 34.8 Å². The number of anilines is 1. The minimum Gasteiger partial charge on any atom is -0.267 e. The van der Waals surface area contributed by atoms with E-state index in [1.807, 2.05) is 0 Å². The quantitative estimate of drug-likeness (QED) is 0.140. The molecule has 3 aromatic carbocycles. The molecule has 0 spiro atoms. The van der Waals surface area contributed by atoms with Gasteiger partial charge in [-0.15, -0.1) is 0 Å². The maximum absolute atomic E-state index is 15.5. The number of alkyl halides is 3. The third-order valence-corrected chi connectivity index (χ3v) is 6.51. The largest absolute Gasteiger partial charge is 0.399 e. The van der Waals surface area contributed by atoms with Crippen LogP contribution in [0.5, 0.6) is 0 Å². The number of hydrazine groups is 1. The standard InChI is InChI=1S/C25H15Cl3F4N4O/c26-19-10-13(11-20(27)22(19)28)18(25(30,31)32)12-21(29)16-6-7-17(15-5-2-1-4-14(15)16)23(37)35-36-24-33-8-3-9-34-24/h1-12,18H,(H,35,37)(H,33,34,36)/b21-12-. The highest BCUT2D eigenvalue weighted by Gasteiger charge is 2.40. The maximum Gasteiger partial charge on any atom is 0.399 e. The Morgan fingerprint density at radius 3 is 2.05 bits per heavy atom. The monoisotopic (exact) mass is 568 g/mol. The molecule has 1 unspecified atom stereocenters. The first-order valence-electron chi connectivity index (χ1n) is 10.5. The topological polar surface area (TPSA) is 66.9 Å².